The largest absolute Gasteiger partial charge is 0.493 e. The molecule has 0 N–H and O–H groups in total. The van der Waals surface area contributed by atoms with Crippen LogP contribution in [-0.4, -0.2) is 47.2 Å². The summed E-state index contributed by atoms with van der Waals surface area (Å²) >= 11 is 0.725. The Morgan fingerprint density at radius 2 is 1.94 bits per heavy atom. The van der Waals surface area contributed by atoms with Crippen molar-refractivity contribution < 1.29 is 33.5 Å². The van der Waals surface area contributed by atoms with Crippen molar-refractivity contribution in [3.05, 3.63) is 68.6 Å². The molecule has 2 amide bonds. The number of esters is 1. The summed E-state index contributed by atoms with van der Waals surface area (Å²) < 4.78 is 15.7. The maximum atomic E-state index is 12.6. The van der Waals surface area contributed by atoms with E-state index >= 15 is 0 Å². The highest BCUT2D eigenvalue weighted by Gasteiger charge is 2.41. The van der Waals surface area contributed by atoms with Gasteiger partial charge in [0.1, 0.15) is 12.6 Å². The van der Waals surface area contributed by atoms with Crippen LogP contribution < -0.4 is 9.47 Å². The molecule has 0 bridgehead atoms. The summed E-state index contributed by atoms with van der Waals surface area (Å²) in [7, 11) is 2.63. The van der Waals surface area contributed by atoms with Crippen molar-refractivity contribution >= 4 is 40.6 Å². The molecule has 0 aliphatic carbocycles. The second kappa shape index (κ2) is 10.2. The lowest BCUT2D eigenvalue weighted by Crippen LogP contribution is -2.42. The quantitative estimate of drug-likeness (QED) is 0.244. The predicted octanol–water partition coefficient (Wildman–Crippen LogP) is 3.78. The Morgan fingerprint density at radius 1 is 1.18 bits per heavy atom. The molecule has 33 heavy (non-hydrogen) atoms. The van der Waals surface area contributed by atoms with Gasteiger partial charge in [0, 0.05) is 12.1 Å². The molecule has 0 aromatic heterocycles. The molecule has 1 atom stereocenters. The summed E-state index contributed by atoms with van der Waals surface area (Å²) in [5.41, 5.74) is 1.16. The van der Waals surface area contributed by atoms with E-state index < -0.39 is 28.1 Å². The van der Waals surface area contributed by atoms with Gasteiger partial charge < -0.3 is 14.2 Å². The Labute approximate surface area is 193 Å². The molecule has 1 saturated heterocycles. The van der Waals surface area contributed by atoms with Crippen molar-refractivity contribution in [3.63, 3.8) is 0 Å². The van der Waals surface area contributed by atoms with Gasteiger partial charge in [-0.25, -0.2) is 4.79 Å². The van der Waals surface area contributed by atoms with Gasteiger partial charge in [-0.15, -0.1) is 0 Å². The lowest BCUT2D eigenvalue weighted by Gasteiger charge is -2.18. The zero-order chi connectivity index (χ0) is 24.1. The molecule has 1 heterocycles. The lowest BCUT2D eigenvalue weighted by molar-refractivity contribution is -0.384. The molecule has 1 aliphatic rings. The number of imide groups is 1. The number of thioether (sulfide) groups is 1. The van der Waals surface area contributed by atoms with Gasteiger partial charge in [-0.3, -0.25) is 24.6 Å². The fourth-order valence-corrected chi connectivity index (χ4v) is 3.96. The maximum Gasteiger partial charge on any atom is 0.328 e. The van der Waals surface area contributed by atoms with Crippen LogP contribution in [0.4, 0.5) is 10.5 Å². The van der Waals surface area contributed by atoms with E-state index in [9.17, 15) is 24.5 Å². The van der Waals surface area contributed by atoms with Crippen LogP contribution in [0.2, 0.25) is 0 Å². The number of amides is 2. The SMILES string of the molecule is COC(=O)C(C)N1C(=O)SC(=Cc2ccc(OCc3cccc([N+](=O)[O-])c3)c(OC)c2)C1=O. The summed E-state index contributed by atoms with van der Waals surface area (Å²) in [5.74, 6) is -0.511. The van der Waals surface area contributed by atoms with Crippen molar-refractivity contribution in [1.82, 2.24) is 4.90 Å². The molecule has 2 aromatic rings. The van der Waals surface area contributed by atoms with Crippen molar-refractivity contribution in [2.24, 2.45) is 0 Å². The molecular formula is C22H20N2O8S. The molecule has 0 radical (unpaired) electrons. The average molecular weight is 472 g/mol. The van der Waals surface area contributed by atoms with E-state index in [4.69, 9.17) is 9.47 Å². The Hall–Kier alpha value is -3.86. The monoisotopic (exact) mass is 472 g/mol. The van der Waals surface area contributed by atoms with E-state index in [-0.39, 0.29) is 17.2 Å². The average Bonchev–Trinajstić information content (AvgIpc) is 3.09. The third-order valence-corrected chi connectivity index (χ3v) is 5.64. The summed E-state index contributed by atoms with van der Waals surface area (Å²) in [6.07, 6.45) is 1.52. The summed E-state index contributed by atoms with van der Waals surface area (Å²) in [6, 6.07) is 9.99. The zero-order valence-electron chi connectivity index (χ0n) is 18.0. The third kappa shape index (κ3) is 5.32. The van der Waals surface area contributed by atoms with Crippen LogP contribution in [-0.2, 0) is 20.9 Å². The van der Waals surface area contributed by atoms with Crippen LogP contribution in [0.1, 0.15) is 18.1 Å². The standard InChI is InChI=1S/C22H20N2O8S/c1-13(21(26)31-3)23-20(25)19(33-22(23)27)11-14-7-8-17(18(10-14)30-2)32-12-15-5-4-6-16(9-15)24(28)29/h4-11,13H,12H2,1-3H3. The minimum absolute atomic E-state index is 0.0334. The van der Waals surface area contributed by atoms with Crippen molar-refractivity contribution in [2.75, 3.05) is 14.2 Å². The smallest absolute Gasteiger partial charge is 0.328 e. The topological polar surface area (TPSA) is 125 Å². The Balaban J connectivity index is 1.77. The first-order valence-corrected chi connectivity index (χ1v) is 10.5. The third-order valence-electron chi connectivity index (χ3n) is 4.75. The number of nitrogens with zero attached hydrogens (tertiary/aromatic N) is 2. The van der Waals surface area contributed by atoms with E-state index in [1.807, 2.05) is 0 Å². The van der Waals surface area contributed by atoms with E-state index in [1.165, 1.54) is 39.4 Å². The van der Waals surface area contributed by atoms with Gasteiger partial charge in [0.05, 0.1) is 24.0 Å². The van der Waals surface area contributed by atoms with Crippen LogP contribution in [0.15, 0.2) is 47.4 Å². The van der Waals surface area contributed by atoms with Gasteiger partial charge in [0.25, 0.3) is 16.8 Å². The fraction of sp³-hybridized carbons (Fsp3) is 0.227. The van der Waals surface area contributed by atoms with E-state index in [1.54, 1.807) is 30.3 Å². The number of non-ortho nitro benzene ring substituents is 1. The molecule has 0 spiro atoms. The van der Waals surface area contributed by atoms with Crippen LogP contribution in [0, 0.1) is 10.1 Å². The van der Waals surface area contributed by atoms with Gasteiger partial charge in [0.15, 0.2) is 11.5 Å². The van der Waals surface area contributed by atoms with Crippen LogP contribution in [0.25, 0.3) is 6.08 Å². The Bertz CT molecular complexity index is 1150. The van der Waals surface area contributed by atoms with E-state index in [0.29, 0.717) is 22.6 Å². The molecule has 0 saturated carbocycles. The lowest BCUT2D eigenvalue weighted by atomic mass is 10.1. The predicted molar refractivity (Wildman–Crippen MR) is 120 cm³/mol. The normalized spacial score (nSPS) is 15.5. The second-order valence-corrected chi connectivity index (χ2v) is 7.87. The highest BCUT2D eigenvalue weighted by atomic mass is 32.2. The minimum Gasteiger partial charge on any atom is -0.493 e. The highest BCUT2D eigenvalue weighted by molar-refractivity contribution is 8.18. The zero-order valence-corrected chi connectivity index (χ0v) is 18.8. The first-order valence-electron chi connectivity index (χ1n) is 9.64. The number of hydrogen-bond donors (Lipinski definition) is 0. The van der Waals surface area contributed by atoms with Crippen molar-refractivity contribution in [1.29, 1.82) is 0 Å². The molecule has 11 heteroatoms. The number of carbonyl (C=O) groups is 3. The number of hydrogen-bond acceptors (Lipinski definition) is 9. The maximum absolute atomic E-state index is 12.6. The molecule has 2 aromatic carbocycles. The van der Waals surface area contributed by atoms with Crippen molar-refractivity contribution in [2.45, 2.75) is 19.6 Å². The molecule has 3 rings (SSSR count). The first-order chi connectivity index (χ1) is 15.7. The van der Waals surface area contributed by atoms with Crippen molar-refractivity contribution in [3.8, 4) is 11.5 Å². The number of rotatable bonds is 8. The fourth-order valence-electron chi connectivity index (χ4n) is 3.06. The van der Waals surface area contributed by atoms with Gasteiger partial charge >= 0.3 is 5.97 Å². The number of benzene rings is 2. The number of nitro groups is 1. The summed E-state index contributed by atoms with van der Waals surface area (Å²) in [5, 5.41) is 10.4. The van der Waals surface area contributed by atoms with Gasteiger partial charge in [-0.05, 0) is 48.0 Å². The first kappa shape index (κ1) is 23.8. The number of carbonyl (C=O) groups excluding carboxylic acids is 3. The molecular weight excluding hydrogens is 452 g/mol. The van der Waals surface area contributed by atoms with Crippen LogP contribution in [0.5, 0.6) is 11.5 Å². The number of methoxy groups -OCH3 is 2. The minimum atomic E-state index is -1.03. The highest BCUT2D eigenvalue weighted by Crippen LogP contribution is 2.36. The van der Waals surface area contributed by atoms with Crippen LogP contribution >= 0.6 is 11.8 Å². The summed E-state index contributed by atoms with van der Waals surface area (Å²) in [6.45, 7) is 1.50. The summed E-state index contributed by atoms with van der Waals surface area (Å²) in [4.78, 5) is 48.1. The Kier molecular flexibility index (Phi) is 7.34. The van der Waals surface area contributed by atoms with E-state index in [2.05, 4.69) is 4.74 Å². The number of ether oxygens (including phenoxy) is 3. The molecule has 1 unspecified atom stereocenters. The molecule has 172 valence electrons. The molecule has 10 nitrogen and oxygen atoms in total. The molecule has 1 fully saturated rings. The van der Waals surface area contributed by atoms with E-state index in [0.717, 1.165) is 16.7 Å². The number of nitro benzene ring substituents is 1. The van der Waals surface area contributed by atoms with Gasteiger partial charge in [-0.1, -0.05) is 18.2 Å². The van der Waals surface area contributed by atoms with Crippen LogP contribution in [0.3, 0.4) is 0 Å². The Morgan fingerprint density at radius 3 is 2.61 bits per heavy atom. The van der Waals surface area contributed by atoms with Gasteiger partial charge in [-0.2, -0.15) is 0 Å². The molecule has 1 aliphatic heterocycles. The second-order valence-electron chi connectivity index (χ2n) is 6.88. The van der Waals surface area contributed by atoms with Gasteiger partial charge in [0.2, 0.25) is 0 Å².